The number of rotatable bonds is 3. The molecule has 1 saturated heterocycles. The number of hydrogen-bond donors (Lipinski definition) is 2. The third-order valence-corrected chi connectivity index (χ3v) is 2.68. The topological polar surface area (TPSA) is 58.6 Å². The maximum atomic E-state index is 11.8. The highest BCUT2D eigenvalue weighted by atomic mass is 16.5. The molecule has 0 spiro atoms. The van der Waals surface area contributed by atoms with Crippen LogP contribution in [0.2, 0.25) is 0 Å². The molecule has 1 amide bonds. The van der Waals surface area contributed by atoms with E-state index < -0.39 is 0 Å². The SMILES string of the molecule is O=C(Nc1cccc(CO)c1)C1CCOC1. The van der Waals surface area contributed by atoms with E-state index in [1.54, 1.807) is 6.07 Å². The van der Waals surface area contributed by atoms with Crippen LogP contribution in [0.15, 0.2) is 24.3 Å². The smallest absolute Gasteiger partial charge is 0.229 e. The molecule has 1 aromatic carbocycles. The number of carbonyl (C=O) groups excluding carboxylic acids is 1. The Bertz CT molecular complexity index is 372. The van der Waals surface area contributed by atoms with Gasteiger partial charge in [0.2, 0.25) is 5.91 Å². The maximum absolute atomic E-state index is 11.8. The third-order valence-electron chi connectivity index (χ3n) is 2.68. The van der Waals surface area contributed by atoms with Gasteiger partial charge in [-0.2, -0.15) is 0 Å². The summed E-state index contributed by atoms with van der Waals surface area (Å²) in [5.41, 5.74) is 1.52. The molecule has 2 rings (SSSR count). The molecular weight excluding hydrogens is 206 g/mol. The Morgan fingerprint density at radius 3 is 3.12 bits per heavy atom. The summed E-state index contributed by atoms with van der Waals surface area (Å²) < 4.78 is 5.16. The van der Waals surface area contributed by atoms with Crippen LogP contribution in [-0.2, 0) is 16.1 Å². The number of benzene rings is 1. The molecule has 4 heteroatoms. The summed E-state index contributed by atoms with van der Waals surface area (Å²) in [5, 5.41) is 11.8. The summed E-state index contributed by atoms with van der Waals surface area (Å²) in [6.07, 6.45) is 0.783. The Hall–Kier alpha value is -1.39. The summed E-state index contributed by atoms with van der Waals surface area (Å²) in [4.78, 5) is 11.8. The van der Waals surface area contributed by atoms with Crippen molar-refractivity contribution in [2.75, 3.05) is 18.5 Å². The number of hydrogen-bond acceptors (Lipinski definition) is 3. The average molecular weight is 221 g/mol. The Morgan fingerprint density at radius 1 is 1.56 bits per heavy atom. The van der Waals surface area contributed by atoms with Crippen LogP contribution in [0.1, 0.15) is 12.0 Å². The van der Waals surface area contributed by atoms with Gasteiger partial charge in [-0.05, 0) is 24.1 Å². The van der Waals surface area contributed by atoms with E-state index in [-0.39, 0.29) is 18.4 Å². The fourth-order valence-corrected chi connectivity index (χ4v) is 1.73. The lowest BCUT2D eigenvalue weighted by Crippen LogP contribution is -2.22. The molecule has 2 N–H and O–H groups in total. The van der Waals surface area contributed by atoms with Gasteiger partial charge in [0.15, 0.2) is 0 Å². The lowest BCUT2D eigenvalue weighted by Gasteiger charge is -2.09. The number of aliphatic hydroxyl groups is 1. The average Bonchev–Trinajstić information content (AvgIpc) is 2.83. The van der Waals surface area contributed by atoms with Gasteiger partial charge in [-0.15, -0.1) is 0 Å². The minimum atomic E-state index is -0.0437. The van der Waals surface area contributed by atoms with Crippen molar-refractivity contribution in [2.45, 2.75) is 13.0 Å². The molecule has 0 saturated carbocycles. The van der Waals surface area contributed by atoms with Gasteiger partial charge in [-0.1, -0.05) is 12.1 Å². The molecule has 0 aromatic heterocycles. The van der Waals surface area contributed by atoms with Gasteiger partial charge in [0.05, 0.1) is 19.1 Å². The number of anilines is 1. The molecule has 86 valence electrons. The van der Waals surface area contributed by atoms with Crippen LogP contribution in [0, 0.1) is 5.92 Å². The number of amides is 1. The monoisotopic (exact) mass is 221 g/mol. The molecule has 1 aliphatic rings. The van der Waals surface area contributed by atoms with E-state index in [0.717, 1.165) is 17.7 Å². The number of carbonyl (C=O) groups is 1. The van der Waals surface area contributed by atoms with E-state index in [1.165, 1.54) is 0 Å². The highest BCUT2D eigenvalue weighted by Gasteiger charge is 2.23. The second kappa shape index (κ2) is 5.09. The highest BCUT2D eigenvalue weighted by Crippen LogP contribution is 2.16. The molecule has 16 heavy (non-hydrogen) atoms. The molecule has 0 aliphatic carbocycles. The number of ether oxygens (including phenoxy) is 1. The van der Waals surface area contributed by atoms with Gasteiger partial charge in [-0.25, -0.2) is 0 Å². The molecule has 1 aromatic rings. The first-order chi connectivity index (χ1) is 7.79. The zero-order valence-electron chi connectivity index (χ0n) is 8.98. The van der Waals surface area contributed by atoms with Crippen molar-refractivity contribution in [3.63, 3.8) is 0 Å². The fourth-order valence-electron chi connectivity index (χ4n) is 1.73. The second-order valence-electron chi connectivity index (χ2n) is 3.91. The molecular formula is C12H15NO3. The molecule has 1 aliphatic heterocycles. The van der Waals surface area contributed by atoms with E-state index >= 15 is 0 Å². The first kappa shape index (κ1) is 11.1. The quantitative estimate of drug-likeness (QED) is 0.805. The van der Waals surface area contributed by atoms with Crippen molar-refractivity contribution in [3.8, 4) is 0 Å². The Labute approximate surface area is 94.2 Å². The van der Waals surface area contributed by atoms with E-state index in [2.05, 4.69) is 5.32 Å². The first-order valence-corrected chi connectivity index (χ1v) is 5.38. The fraction of sp³-hybridized carbons (Fsp3) is 0.417. The van der Waals surface area contributed by atoms with Crippen LogP contribution < -0.4 is 5.32 Å². The van der Waals surface area contributed by atoms with Gasteiger partial charge < -0.3 is 15.2 Å². The van der Waals surface area contributed by atoms with E-state index in [0.29, 0.717) is 13.2 Å². The minimum Gasteiger partial charge on any atom is -0.392 e. The van der Waals surface area contributed by atoms with Crippen molar-refractivity contribution in [3.05, 3.63) is 29.8 Å². The van der Waals surface area contributed by atoms with Gasteiger partial charge in [0, 0.05) is 12.3 Å². The normalized spacial score (nSPS) is 19.7. The lowest BCUT2D eigenvalue weighted by molar-refractivity contribution is -0.119. The van der Waals surface area contributed by atoms with Crippen molar-refractivity contribution in [1.82, 2.24) is 0 Å². The van der Waals surface area contributed by atoms with Crippen LogP contribution in [0.5, 0.6) is 0 Å². The van der Waals surface area contributed by atoms with Gasteiger partial charge in [0.25, 0.3) is 0 Å². The maximum Gasteiger partial charge on any atom is 0.229 e. The summed E-state index contributed by atoms with van der Waals surface area (Å²) in [6, 6.07) is 7.21. The predicted octanol–water partition coefficient (Wildman–Crippen LogP) is 1.15. The van der Waals surface area contributed by atoms with E-state index in [1.807, 2.05) is 18.2 Å². The number of aliphatic hydroxyl groups excluding tert-OH is 1. The van der Waals surface area contributed by atoms with E-state index in [4.69, 9.17) is 9.84 Å². The Morgan fingerprint density at radius 2 is 2.44 bits per heavy atom. The van der Waals surface area contributed by atoms with Gasteiger partial charge in [-0.3, -0.25) is 4.79 Å². The molecule has 1 unspecified atom stereocenters. The lowest BCUT2D eigenvalue weighted by atomic mass is 10.1. The Kier molecular flexibility index (Phi) is 3.54. The summed E-state index contributed by atoms with van der Waals surface area (Å²) >= 11 is 0. The second-order valence-corrected chi connectivity index (χ2v) is 3.91. The van der Waals surface area contributed by atoms with Crippen molar-refractivity contribution < 1.29 is 14.6 Å². The number of nitrogens with one attached hydrogen (secondary N) is 1. The zero-order valence-corrected chi connectivity index (χ0v) is 8.98. The molecule has 0 bridgehead atoms. The van der Waals surface area contributed by atoms with Crippen LogP contribution in [-0.4, -0.2) is 24.2 Å². The standard InChI is InChI=1S/C12H15NO3/c14-7-9-2-1-3-11(6-9)13-12(15)10-4-5-16-8-10/h1-3,6,10,14H,4-5,7-8H2,(H,13,15). The van der Waals surface area contributed by atoms with Crippen LogP contribution in [0.3, 0.4) is 0 Å². The molecule has 1 heterocycles. The summed E-state index contributed by atoms with van der Waals surface area (Å²) in [5.74, 6) is -0.0506. The van der Waals surface area contributed by atoms with Gasteiger partial charge in [0.1, 0.15) is 0 Å². The summed E-state index contributed by atoms with van der Waals surface area (Å²) in [7, 11) is 0. The summed E-state index contributed by atoms with van der Waals surface area (Å²) in [6.45, 7) is 1.15. The zero-order chi connectivity index (χ0) is 11.4. The van der Waals surface area contributed by atoms with E-state index in [9.17, 15) is 4.79 Å². The van der Waals surface area contributed by atoms with Crippen molar-refractivity contribution in [2.24, 2.45) is 5.92 Å². The van der Waals surface area contributed by atoms with Crippen LogP contribution in [0.25, 0.3) is 0 Å². The van der Waals surface area contributed by atoms with Crippen LogP contribution in [0.4, 0.5) is 5.69 Å². The molecule has 1 atom stereocenters. The largest absolute Gasteiger partial charge is 0.392 e. The Balaban J connectivity index is 1.99. The third kappa shape index (κ3) is 2.59. The van der Waals surface area contributed by atoms with Crippen molar-refractivity contribution >= 4 is 11.6 Å². The van der Waals surface area contributed by atoms with Crippen molar-refractivity contribution in [1.29, 1.82) is 0 Å². The van der Waals surface area contributed by atoms with Gasteiger partial charge >= 0.3 is 0 Å². The molecule has 1 fully saturated rings. The minimum absolute atomic E-state index is 0.00686. The highest BCUT2D eigenvalue weighted by molar-refractivity contribution is 5.92. The van der Waals surface area contributed by atoms with Crippen LogP contribution >= 0.6 is 0 Å². The molecule has 4 nitrogen and oxygen atoms in total. The first-order valence-electron chi connectivity index (χ1n) is 5.38. The predicted molar refractivity (Wildman–Crippen MR) is 59.9 cm³/mol. The molecule has 0 radical (unpaired) electrons.